The van der Waals surface area contributed by atoms with Crippen LogP contribution in [0.4, 0.5) is 5.69 Å². The molecule has 0 bridgehead atoms. The zero-order valence-corrected chi connectivity index (χ0v) is 22.7. The van der Waals surface area contributed by atoms with E-state index in [0.717, 1.165) is 28.5 Å². The number of anilines is 1. The molecule has 1 heterocycles. The van der Waals surface area contributed by atoms with Crippen LogP contribution in [0.1, 0.15) is 44.7 Å². The van der Waals surface area contributed by atoms with Gasteiger partial charge in [0.05, 0.1) is 23.7 Å². The van der Waals surface area contributed by atoms with E-state index in [4.69, 9.17) is 21.1 Å². The van der Waals surface area contributed by atoms with Gasteiger partial charge in [-0.25, -0.2) is 8.42 Å². The standard InChI is InChI=1S/C28H31ClN2O5S/c1-4-28(5-2)18-25(24-11-6-7-12-26(24)36-28)30-27(32)19-31(21-10-8-9-20(29)17-21)37(33,34)23-15-13-22(35-3)14-16-23/h6-17,25H,4-5,18-19H2,1-3H3,(H,30,32). The molecule has 1 amide bonds. The quantitative estimate of drug-likeness (QED) is 0.372. The number of amides is 1. The van der Waals surface area contributed by atoms with Crippen LogP contribution in [-0.2, 0) is 14.8 Å². The van der Waals surface area contributed by atoms with Crippen LogP contribution >= 0.6 is 11.6 Å². The lowest BCUT2D eigenvalue weighted by Crippen LogP contribution is -2.47. The first kappa shape index (κ1) is 26.8. The monoisotopic (exact) mass is 542 g/mol. The van der Waals surface area contributed by atoms with Crippen molar-refractivity contribution in [2.24, 2.45) is 0 Å². The molecular formula is C28H31ClN2O5S. The normalized spacial score (nSPS) is 16.3. The molecule has 0 aromatic heterocycles. The summed E-state index contributed by atoms with van der Waals surface area (Å²) in [5.41, 5.74) is 0.761. The van der Waals surface area contributed by atoms with Gasteiger partial charge >= 0.3 is 0 Å². The lowest BCUT2D eigenvalue weighted by molar-refractivity contribution is -0.121. The number of sulfonamides is 1. The second kappa shape index (κ2) is 11.0. The highest BCUT2D eigenvalue weighted by atomic mass is 35.5. The number of hydrogen-bond acceptors (Lipinski definition) is 5. The second-order valence-electron chi connectivity index (χ2n) is 9.02. The number of hydrogen-bond donors (Lipinski definition) is 1. The molecule has 0 aliphatic carbocycles. The van der Waals surface area contributed by atoms with Gasteiger partial charge in [-0.2, -0.15) is 0 Å². The van der Waals surface area contributed by atoms with E-state index in [0.29, 0.717) is 22.9 Å². The molecule has 3 aromatic carbocycles. The first-order chi connectivity index (χ1) is 17.7. The summed E-state index contributed by atoms with van der Waals surface area (Å²) in [6.45, 7) is 3.72. The fourth-order valence-corrected chi connectivity index (χ4v) is 6.22. The van der Waals surface area contributed by atoms with Gasteiger partial charge in [0, 0.05) is 17.0 Å². The molecule has 1 atom stereocenters. The summed E-state index contributed by atoms with van der Waals surface area (Å²) < 4.78 is 40.0. The number of ether oxygens (including phenoxy) is 2. The van der Waals surface area contributed by atoms with Crippen LogP contribution in [0.5, 0.6) is 11.5 Å². The van der Waals surface area contributed by atoms with Crippen molar-refractivity contribution in [3.05, 3.63) is 83.4 Å². The van der Waals surface area contributed by atoms with Crippen molar-refractivity contribution in [2.75, 3.05) is 18.0 Å². The number of nitrogens with zero attached hydrogens (tertiary/aromatic N) is 1. The van der Waals surface area contributed by atoms with Crippen molar-refractivity contribution >= 4 is 33.2 Å². The minimum atomic E-state index is -4.09. The molecule has 1 N–H and O–H groups in total. The summed E-state index contributed by atoms with van der Waals surface area (Å²) in [6.07, 6.45) is 2.15. The SMILES string of the molecule is CCC1(CC)CC(NC(=O)CN(c2cccc(Cl)c2)S(=O)(=O)c2ccc(OC)cc2)c2ccccc2O1. The van der Waals surface area contributed by atoms with E-state index in [1.807, 2.05) is 24.3 Å². The van der Waals surface area contributed by atoms with E-state index in [2.05, 4.69) is 19.2 Å². The molecule has 0 saturated heterocycles. The third-order valence-electron chi connectivity index (χ3n) is 6.85. The van der Waals surface area contributed by atoms with Gasteiger partial charge in [-0.1, -0.05) is 49.7 Å². The molecule has 4 rings (SSSR count). The van der Waals surface area contributed by atoms with E-state index in [-0.39, 0.29) is 10.9 Å². The molecule has 196 valence electrons. The van der Waals surface area contributed by atoms with Crippen molar-refractivity contribution < 1.29 is 22.7 Å². The van der Waals surface area contributed by atoms with E-state index >= 15 is 0 Å². The highest BCUT2D eigenvalue weighted by Crippen LogP contribution is 2.42. The Morgan fingerprint density at radius 2 is 1.78 bits per heavy atom. The Kier molecular flexibility index (Phi) is 7.99. The maximum absolute atomic E-state index is 13.7. The summed E-state index contributed by atoms with van der Waals surface area (Å²) >= 11 is 6.18. The highest BCUT2D eigenvalue weighted by Gasteiger charge is 2.39. The second-order valence-corrected chi connectivity index (χ2v) is 11.3. The average molecular weight is 543 g/mol. The Labute approximate surface area is 223 Å². The average Bonchev–Trinajstić information content (AvgIpc) is 2.91. The van der Waals surface area contributed by atoms with Gasteiger partial charge in [-0.05, 0) is 61.4 Å². The fraction of sp³-hybridized carbons (Fsp3) is 0.321. The minimum Gasteiger partial charge on any atom is -0.497 e. The number of rotatable bonds is 9. The lowest BCUT2D eigenvalue weighted by Gasteiger charge is -2.41. The molecule has 0 spiro atoms. The van der Waals surface area contributed by atoms with E-state index in [1.165, 1.54) is 25.3 Å². The van der Waals surface area contributed by atoms with Crippen molar-refractivity contribution in [3.63, 3.8) is 0 Å². The summed E-state index contributed by atoms with van der Waals surface area (Å²) in [5.74, 6) is 0.833. The zero-order chi connectivity index (χ0) is 26.6. The molecule has 9 heteroatoms. The van der Waals surface area contributed by atoms with Gasteiger partial charge in [-0.15, -0.1) is 0 Å². The molecule has 7 nitrogen and oxygen atoms in total. The Balaban J connectivity index is 1.65. The predicted octanol–water partition coefficient (Wildman–Crippen LogP) is 5.74. The summed E-state index contributed by atoms with van der Waals surface area (Å²) in [6, 6.07) is 19.8. The zero-order valence-electron chi connectivity index (χ0n) is 21.1. The number of benzene rings is 3. The van der Waals surface area contributed by atoms with Gasteiger partial charge in [0.2, 0.25) is 5.91 Å². The van der Waals surface area contributed by atoms with Crippen LogP contribution in [-0.4, -0.2) is 33.6 Å². The molecular weight excluding hydrogens is 512 g/mol. The number of nitrogens with one attached hydrogen (secondary N) is 1. The Hall–Kier alpha value is -3.23. The highest BCUT2D eigenvalue weighted by molar-refractivity contribution is 7.92. The topological polar surface area (TPSA) is 84.9 Å². The van der Waals surface area contributed by atoms with Crippen LogP contribution in [0.2, 0.25) is 5.02 Å². The molecule has 1 aliphatic rings. The molecule has 37 heavy (non-hydrogen) atoms. The minimum absolute atomic E-state index is 0.0356. The van der Waals surface area contributed by atoms with Crippen LogP contribution < -0.4 is 19.1 Å². The van der Waals surface area contributed by atoms with Gasteiger partial charge < -0.3 is 14.8 Å². The summed E-state index contributed by atoms with van der Waals surface area (Å²) in [7, 11) is -2.58. The van der Waals surface area contributed by atoms with Crippen LogP contribution in [0.3, 0.4) is 0 Å². The molecule has 3 aromatic rings. The van der Waals surface area contributed by atoms with Crippen LogP contribution in [0.15, 0.2) is 77.7 Å². The molecule has 1 aliphatic heterocycles. The van der Waals surface area contributed by atoms with Crippen molar-refractivity contribution in [1.29, 1.82) is 0 Å². The number of fused-ring (bicyclic) bond motifs is 1. The van der Waals surface area contributed by atoms with Crippen molar-refractivity contribution in [2.45, 2.75) is 49.6 Å². The van der Waals surface area contributed by atoms with Crippen LogP contribution in [0.25, 0.3) is 0 Å². The number of methoxy groups -OCH3 is 1. The summed E-state index contributed by atoms with van der Waals surface area (Å²) in [5, 5.41) is 3.44. The first-order valence-corrected chi connectivity index (χ1v) is 14.0. The molecule has 0 saturated carbocycles. The number of halogens is 1. The van der Waals surface area contributed by atoms with Gasteiger partial charge in [0.1, 0.15) is 23.6 Å². The van der Waals surface area contributed by atoms with E-state index in [9.17, 15) is 13.2 Å². The largest absolute Gasteiger partial charge is 0.497 e. The Bertz CT molecular complexity index is 1360. The number of carbonyl (C=O) groups excluding carboxylic acids is 1. The van der Waals surface area contributed by atoms with Gasteiger partial charge in [0.25, 0.3) is 10.0 Å². The summed E-state index contributed by atoms with van der Waals surface area (Å²) in [4.78, 5) is 13.5. The maximum Gasteiger partial charge on any atom is 0.264 e. The third-order valence-corrected chi connectivity index (χ3v) is 8.87. The molecule has 0 radical (unpaired) electrons. The first-order valence-electron chi connectivity index (χ1n) is 12.2. The van der Waals surface area contributed by atoms with E-state index in [1.54, 1.807) is 30.3 Å². The fourth-order valence-electron chi connectivity index (χ4n) is 4.62. The number of carbonyl (C=O) groups is 1. The van der Waals surface area contributed by atoms with E-state index < -0.39 is 28.1 Å². The van der Waals surface area contributed by atoms with Gasteiger partial charge in [0.15, 0.2) is 0 Å². The smallest absolute Gasteiger partial charge is 0.264 e. The van der Waals surface area contributed by atoms with Crippen LogP contribution in [0, 0.1) is 0 Å². The maximum atomic E-state index is 13.7. The third kappa shape index (κ3) is 5.70. The predicted molar refractivity (Wildman–Crippen MR) is 145 cm³/mol. The number of para-hydroxylation sites is 1. The Morgan fingerprint density at radius 3 is 2.43 bits per heavy atom. The van der Waals surface area contributed by atoms with Crippen molar-refractivity contribution in [3.8, 4) is 11.5 Å². The molecule has 1 unspecified atom stereocenters. The van der Waals surface area contributed by atoms with Gasteiger partial charge in [-0.3, -0.25) is 9.10 Å². The lowest BCUT2D eigenvalue weighted by atomic mass is 9.83. The molecule has 0 fully saturated rings. The Morgan fingerprint density at radius 1 is 1.08 bits per heavy atom. The van der Waals surface area contributed by atoms with Crippen molar-refractivity contribution in [1.82, 2.24) is 5.32 Å².